The lowest BCUT2D eigenvalue weighted by atomic mass is 10.2. The van der Waals surface area contributed by atoms with Crippen LogP contribution >= 0.6 is 23.2 Å². The number of piperazine rings is 1. The summed E-state index contributed by atoms with van der Waals surface area (Å²) in [5.41, 5.74) is 0. The third kappa shape index (κ3) is 4.46. The van der Waals surface area contributed by atoms with Crippen LogP contribution in [0.25, 0.3) is 0 Å². The fourth-order valence-corrected chi connectivity index (χ4v) is 2.88. The number of hydrogen-bond donors (Lipinski definition) is 1. The van der Waals surface area contributed by atoms with Gasteiger partial charge in [0.05, 0.1) is 10.0 Å². The van der Waals surface area contributed by atoms with Gasteiger partial charge in [0.1, 0.15) is 5.82 Å². The standard InChI is InChI=1S/C14H20Cl2N4O/c1-17-4-2-3-13(21)19-5-7-20(8-6-19)14-12(16)9-11(15)10-18-14/h9-10,17H,2-8H2,1H3. The van der Waals surface area contributed by atoms with Crippen LogP contribution in [0, 0.1) is 0 Å². The van der Waals surface area contributed by atoms with E-state index in [9.17, 15) is 4.79 Å². The number of hydrogen-bond acceptors (Lipinski definition) is 4. The number of nitrogens with zero attached hydrogens (tertiary/aromatic N) is 3. The summed E-state index contributed by atoms with van der Waals surface area (Å²) < 4.78 is 0. The number of pyridine rings is 1. The number of rotatable bonds is 5. The molecule has 1 saturated heterocycles. The molecule has 0 spiro atoms. The molecule has 0 aromatic carbocycles. The van der Waals surface area contributed by atoms with Gasteiger partial charge in [-0.2, -0.15) is 0 Å². The molecule has 1 N–H and O–H groups in total. The molecule has 0 aliphatic carbocycles. The van der Waals surface area contributed by atoms with Crippen molar-refractivity contribution in [1.29, 1.82) is 0 Å². The van der Waals surface area contributed by atoms with Crippen molar-refractivity contribution in [3.63, 3.8) is 0 Å². The van der Waals surface area contributed by atoms with Gasteiger partial charge in [0.25, 0.3) is 0 Å². The van der Waals surface area contributed by atoms with Crippen LogP contribution in [0.15, 0.2) is 12.3 Å². The molecule has 1 aromatic heterocycles. The van der Waals surface area contributed by atoms with Gasteiger partial charge in [-0.05, 0) is 26.1 Å². The van der Waals surface area contributed by atoms with Crippen LogP contribution in [0.1, 0.15) is 12.8 Å². The molecule has 0 unspecified atom stereocenters. The van der Waals surface area contributed by atoms with Crippen LogP contribution < -0.4 is 10.2 Å². The van der Waals surface area contributed by atoms with Gasteiger partial charge in [-0.15, -0.1) is 0 Å². The Morgan fingerprint density at radius 2 is 2.05 bits per heavy atom. The zero-order valence-corrected chi connectivity index (χ0v) is 13.6. The Balaban J connectivity index is 1.86. The minimum Gasteiger partial charge on any atom is -0.352 e. The molecule has 1 fully saturated rings. The summed E-state index contributed by atoms with van der Waals surface area (Å²) in [6, 6.07) is 1.70. The molecule has 0 bridgehead atoms. The fourth-order valence-electron chi connectivity index (χ4n) is 2.38. The van der Waals surface area contributed by atoms with Crippen molar-refractivity contribution in [3.8, 4) is 0 Å². The summed E-state index contributed by atoms with van der Waals surface area (Å²) in [4.78, 5) is 20.3. The molecular weight excluding hydrogens is 311 g/mol. The second-order valence-electron chi connectivity index (χ2n) is 5.03. The zero-order valence-electron chi connectivity index (χ0n) is 12.1. The largest absolute Gasteiger partial charge is 0.352 e. The van der Waals surface area contributed by atoms with Gasteiger partial charge < -0.3 is 15.1 Å². The van der Waals surface area contributed by atoms with E-state index < -0.39 is 0 Å². The summed E-state index contributed by atoms with van der Waals surface area (Å²) in [5.74, 6) is 0.961. The van der Waals surface area contributed by atoms with Crippen molar-refractivity contribution in [3.05, 3.63) is 22.3 Å². The van der Waals surface area contributed by atoms with Crippen molar-refractivity contribution < 1.29 is 4.79 Å². The maximum Gasteiger partial charge on any atom is 0.222 e. The molecule has 1 aliphatic heterocycles. The summed E-state index contributed by atoms with van der Waals surface area (Å²) >= 11 is 12.0. The number of amides is 1. The third-order valence-corrected chi connectivity index (χ3v) is 4.02. The molecule has 0 saturated carbocycles. The van der Waals surface area contributed by atoms with Crippen LogP contribution in [0.4, 0.5) is 5.82 Å². The van der Waals surface area contributed by atoms with E-state index in [2.05, 4.69) is 15.2 Å². The van der Waals surface area contributed by atoms with Gasteiger partial charge in [0.2, 0.25) is 5.91 Å². The van der Waals surface area contributed by atoms with Gasteiger partial charge in [-0.3, -0.25) is 4.79 Å². The molecular formula is C14H20Cl2N4O. The molecule has 116 valence electrons. The highest BCUT2D eigenvalue weighted by Gasteiger charge is 2.22. The number of anilines is 1. The normalized spacial score (nSPS) is 15.4. The second kappa shape index (κ2) is 7.82. The second-order valence-corrected chi connectivity index (χ2v) is 5.88. The Morgan fingerprint density at radius 1 is 1.33 bits per heavy atom. The van der Waals surface area contributed by atoms with Crippen LogP contribution in [0.3, 0.4) is 0 Å². The van der Waals surface area contributed by atoms with E-state index in [0.29, 0.717) is 29.6 Å². The number of carbonyl (C=O) groups excluding carboxylic acids is 1. The van der Waals surface area contributed by atoms with Crippen molar-refractivity contribution >= 4 is 34.9 Å². The van der Waals surface area contributed by atoms with Gasteiger partial charge in [-0.1, -0.05) is 23.2 Å². The van der Waals surface area contributed by atoms with Crippen LogP contribution in [0.5, 0.6) is 0 Å². The highest BCUT2D eigenvalue weighted by molar-refractivity contribution is 6.36. The topological polar surface area (TPSA) is 48.5 Å². The Labute approximate surface area is 135 Å². The van der Waals surface area contributed by atoms with Crippen molar-refractivity contribution in [1.82, 2.24) is 15.2 Å². The Bertz CT molecular complexity index is 490. The lowest BCUT2D eigenvalue weighted by molar-refractivity contribution is -0.131. The Morgan fingerprint density at radius 3 is 2.67 bits per heavy atom. The van der Waals surface area contributed by atoms with E-state index in [0.717, 1.165) is 31.9 Å². The summed E-state index contributed by atoms with van der Waals surface area (Å²) in [5, 5.41) is 4.13. The highest BCUT2D eigenvalue weighted by Crippen LogP contribution is 2.26. The molecule has 2 rings (SSSR count). The minimum absolute atomic E-state index is 0.222. The molecule has 2 heterocycles. The van der Waals surface area contributed by atoms with Crippen molar-refractivity contribution in [2.45, 2.75) is 12.8 Å². The predicted molar refractivity (Wildman–Crippen MR) is 86.2 cm³/mol. The smallest absolute Gasteiger partial charge is 0.222 e. The lowest BCUT2D eigenvalue weighted by Crippen LogP contribution is -2.49. The number of carbonyl (C=O) groups is 1. The van der Waals surface area contributed by atoms with Gasteiger partial charge in [0.15, 0.2) is 0 Å². The molecule has 5 nitrogen and oxygen atoms in total. The molecule has 1 aromatic rings. The van der Waals surface area contributed by atoms with Crippen molar-refractivity contribution in [2.24, 2.45) is 0 Å². The Hall–Kier alpha value is -1.04. The van der Waals surface area contributed by atoms with E-state index in [-0.39, 0.29) is 5.91 Å². The molecule has 7 heteroatoms. The van der Waals surface area contributed by atoms with Crippen LogP contribution in [0.2, 0.25) is 10.0 Å². The molecule has 0 atom stereocenters. The first-order valence-electron chi connectivity index (χ1n) is 7.10. The van der Waals surface area contributed by atoms with E-state index in [1.165, 1.54) is 0 Å². The van der Waals surface area contributed by atoms with E-state index in [1.54, 1.807) is 12.3 Å². The van der Waals surface area contributed by atoms with Crippen LogP contribution in [-0.4, -0.2) is 55.6 Å². The van der Waals surface area contributed by atoms with Crippen LogP contribution in [-0.2, 0) is 4.79 Å². The Kier molecular flexibility index (Phi) is 6.08. The lowest BCUT2D eigenvalue weighted by Gasteiger charge is -2.35. The predicted octanol–water partition coefficient (Wildman–Crippen LogP) is 2.04. The molecule has 21 heavy (non-hydrogen) atoms. The molecule has 0 radical (unpaired) electrons. The molecule has 1 aliphatic rings. The highest BCUT2D eigenvalue weighted by atomic mass is 35.5. The summed E-state index contributed by atoms with van der Waals surface area (Å²) in [7, 11) is 1.89. The number of halogens is 2. The fraction of sp³-hybridized carbons (Fsp3) is 0.571. The first-order valence-corrected chi connectivity index (χ1v) is 7.86. The third-order valence-electron chi connectivity index (χ3n) is 3.54. The SMILES string of the molecule is CNCCCC(=O)N1CCN(c2ncc(Cl)cc2Cl)CC1. The van der Waals surface area contributed by atoms with E-state index in [4.69, 9.17) is 23.2 Å². The first kappa shape index (κ1) is 16.3. The quantitative estimate of drug-likeness (QED) is 0.839. The average Bonchev–Trinajstić information content (AvgIpc) is 2.48. The summed E-state index contributed by atoms with van der Waals surface area (Å²) in [6.45, 7) is 3.77. The monoisotopic (exact) mass is 330 g/mol. The van der Waals surface area contributed by atoms with Gasteiger partial charge in [0, 0.05) is 38.8 Å². The van der Waals surface area contributed by atoms with Gasteiger partial charge >= 0.3 is 0 Å². The number of nitrogens with one attached hydrogen (secondary N) is 1. The zero-order chi connectivity index (χ0) is 15.2. The van der Waals surface area contributed by atoms with E-state index >= 15 is 0 Å². The average molecular weight is 331 g/mol. The van der Waals surface area contributed by atoms with Crippen molar-refractivity contribution in [2.75, 3.05) is 44.7 Å². The number of aromatic nitrogens is 1. The van der Waals surface area contributed by atoms with E-state index in [1.807, 2.05) is 11.9 Å². The maximum atomic E-state index is 12.0. The molecule has 1 amide bonds. The minimum atomic E-state index is 0.222. The maximum absolute atomic E-state index is 12.0. The first-order chi connectivity index (χ1) is 10.1. The van der Waals surface area contributed by atoms with Gasteiger partial charge in [-0.25, -0.2) is 4.98 Å². The summed E-state index contributed by atoms with van der Waals surface area (Å²) in [6.07, 6.45) is 3.07.